The number of halogens is 4. The zero-order valence-corrected chi connectivity index (χ0v) is 11.5. The number of nitrogens with one attached hydrogen (secondary N) is 1. The highest BCUT2D eigenvalue weighted by molar-refractivity contribution is 5.34. The first-order chi connectivity index (χ1) is 10.0. The molecule has 1 atom stereocenters. The summed E-state index contributed by atoms with van der Waals surface area (Å²) in [5.41, 5.74) is 0.0725. The molecule has 1 unspecified atom stereocenters. The van der Waals surface area contributed by atoms with Gasteiger partial charge in [0, 0.05) is 17.2 Å². The fraction of sp³-hybridized carbons (Fsp3) is 0.250. The molecule has 0 amide bonds. The molecule has 0 fully saturated rings. The molecular weight excluding hydrogens is 282 g/mol. The summed E-state index contributed by atoms with van der Waals surface area (Å²) >= 11 is 0. The van der Waals surface area contributed by atoms with Crippen molar-refractivity contribution in [3.63, 3.8) is 0 Å². The second-order valence-electron chi connectivity index (χ2n) is 4.70. The number of benzene rings is 2. The summed E-state index contributed by atoms with van der Waals surface area (Å²) < 4.78 is 54.3. The van der Waals surface area contributed by atoms with E-state index >= 15 is 0 Å². The Morgan fingerprint density at radius 2 is 1.52 bits per heavy atom. The Bertz CT molecular complexity index is 628. The van der Waals surface area contributed by atoms with Gasteiger partial charge in [0.15, 0.2) is 11.6 Å². The highest BCUT2D eigenvalue weighted by Gasteiger charge is 2.22. The Labute approximate surface area is 120 Å². The predicted octanol–water partition coefficient (Wildman–Crippen LogP) is 4.33. The zero-order valence-electron chi connectivity index (χ0n) is 11.5. The van der Waals surface area contributed by atoms with Crippen LogP contribution in [-0.4, -0.2) is 6.54 Å². The Balaban J connectivity index is 2.51. The minimum Gasteiger partial charge on any atom is -0.306 e. The van der Waals surface area contributed by atoms with Crippen molar-refractivity contribution in [2.75, 3.05) is 6.54 Å². The van der Waals surface area contributed by atoms with Crippen molar-refractivity contribution in [2.24, 2.45) is 0 Å². The van der Waals surface area contributed by atoms with Crippen LogP contribution in [0.15, 0.2) is 36.4 Å². The van der Waals surface area contributed by atoms with Gasteiger partial charge in [-0.2, -0.15) is 0 Å². The average Bonchev–Trinajstić information content (AvgIpc) is 2.46. The first kappa shape index (κ1) is 15.5. The fourth-order valence-electron chi connectivity index (χ4n) is 2.14. The first-order valence-electron chi connectivity index (χ1n) is 6.66. The van der Waals surface area contributed by atoms with Crippen LogP contribution >= 0.6 is 0 Å². The van der Waals surface area contributed by atoms with Crippen LogP contribution in [0, 0.1) is 23.3 Å². The number of hydrogen-bond donors (Lipinski definition) is 1. The molecule has 21 heavy (non-hydrogen) atoms. The van der Waals surface area contributed by atoms with Gasteiger partial charge >= 0.3 is 0 Å². The molecule has 1 N–H and O–H groups in total. The molecule has 0 radical (unpaired) electrons. The van der Waals surface area contributed by atoms with E-state index in [4.69, 9.17) is 0 Å². The minimum atomic E-state index is -1.26. The lowest BCUT2D eigenvalue weighted by Crippen LogP contribution is -2.25. The molecule has 2 rings (SSSR count). The van der Waals surface area contributed by atoms with Crippen molar-refractivity contribution in [1.82, 2.24) is 5.32 Å². The molecule has 2 aromatic rings. The van der Waals surface area contributed by atoms with Crippen LogP contribution in [0.25, 0.3) is 0 Å². The molecule has 0 aromatic heterocycles. The number of rotatable bonds is 5. The Kier molecular flexibility index (Phi) is 4.96. The van der Waals surface area contributed by atoms with E-state index in [1.165, 1.54) is 18.2 Å². The van der Waals surface area contributed by atoms with E-state index in [1.54, 1.807) is 6.07 Å². The van der Waals surface area contributed by atoms with Gasteiger partial charge in [-0.3, -0.25) is 0 Å². The molecule has 0 saturated carbocycles. The van der Waals surface area contributed by atoms with E-state index in [-0.39, 0.29) is 11.1 Å². The van der Waals surface area contributed by atoms with Crippen LogP contribution in [0.3, 0.4) is 0 Å². The molecule has 2 aromatic carbocycles. The molecule has 112 valence electrons. The van der Waals surface area contributed by atoms with Crippen molar-refractivity contribution in [3.8, 4) is 0 Å². The van der Waals surface area contributed by atoms with Crippen LogP contribution in [-0.2, 0) is 0 Å². The molecule has 0 aliphatic heterocycles. The highest BCUT2D eigenvalue weighted by atomic mass is 19.2. The van der Waals surface area contributed by atoms with Crippen molar-refractivity contribution < 1.29 is 17.6 Å². The van der Waals surface area contributed by atoms with Crippen molar-refractivity contribution in [2.45, 2.75) is 19.4 Å². The SMILES string of the molecule is CCCNC(c1ccccc1F)c1cc(F)c(F)cc1F. The third-order valence-electron chi connectivity index (χ3n) is 3.17. The summed E-state index contributed by atoms with van der Waals surface area (Å²) in [7, 11) is 0. The van der Waals surface area contributed by atoms with Crippen molar-refractivity contribution >= 4 is 0 Å². The Morgan fingerprint density at radius 1 is 0.857 bits per heavy atom. The maximum Gasteiger partial charge on any atom is 0.161 e. The molecule has 0 aliphatic rings. The van der Waals surface area contributed by atoms with E-state index in [9.17, 15) is 17.6 Å². The van der Waals surface area contributed by atoms with Crippen LogP contribution in [0.2, 0.25) is 0 Å². The van der Waals surface area contributed by atoms with Crippen molar-refractivity contribution in [3.05, 3.63) is 70.8 Å². The van der Waals surface area contributed by atoms with Crippen LogP contribution in [0.1, 0.15) is 30.5 Å². The maximum absolute atomic E-state index is 14.0. The topological polar surface area (TPSA) is 12.0 Å². The molecule has 5 heteroatoms. The van der Waals surface area contributed by atoms with E-state index in [2.05, 4.69) is 5.32 Å². The summed E-state index contributed by atoms with van der Waals surface area (Å²) in [6.45, 7) is 2.38. The van der Waals surface area contributed by atoms with E-state index in [1.807, 2.05) is 6.92 Å². The Morgan fingerprint density at radius 3 is 2.19 bits per heavy atom. The summed E-state index contributed by atoms with van der Waals surface area (Å²) in [5.74, 6) is -3.87. The van der Waals surface area contributed by atoms with E-state index in [0.29, 0.717) is 12.6 Å². The lowest BCUT2D eigenvalue weighted by Gasteiger charge is -2.21. The summed E-state index contributed by atoms with van der Waals surface area (Å²) in [5, 5.41) is 2.96. The molecular formula is C16H15F4N. The van der Waals surface area contributed by atoms with Gasteiger partial charge in [-0.05, 0) is 25.1 Å². The third-order valence-corrected chi connectivity index (χ3v) is 3.17. The average molecular weight is 297 g/mol. The smallest absolute Gasteiger partial charge is 0.161 e. The van der Waals surface area contributed by atoms with Gasteiger partial charge in [0.05, 0.1) is 6.04 Å². The largest absolute Gasteiger partial charge is 0.306 e. The van der Waals surface area contributed by atoms with E-state index < -0.39 is 29.3 Å². The van der Waals surface area contributed by atoms with Crippen LogP contribution in [0.4, 0.5) is 17.6 Å². The lowest BCUT2D eigenvalue weighted by molar-refractivity contribution is 0.475. The summed E-state index contributed by atoms with van der Waals surface area (Å²) in [6.07, 6.45) is 0.732. The van der Waals surface area contributed by atoms with Gasteiger partial charge in [-0.1, -0.05) is 25.1 Å². The maximum atomic E-state index is 14.0. The fourth-order valence-corrected chi connectivity index (χ4v) is 2.14. The summed E-state index contributed by atoms with van der Waals surface area (Å²) in [6, 6.07) is 6.23. The predicted molar refractivity (Wildman–Crippen MR) is 72.9 cm³/mol. The van der Waals surface area contributed by atoms with Gasteiger partial charge in [-0.25, -0.2) is 17.6 Å². The second-order valence-corrected chi connectivity index (χ2v) is 4.70. The summed E-state index contributed by atoms with van der Waals surface area (Å²) in [4.78, 5) is 0. The first-order valence-corrected chi connectivity index (χ1v) is 6.66. The van der Waals surface area contributed by atoms with Crippen molar-refractivity contribution in [1.29, 1.82) is 0 Å². The molecule has 0 bridgehead atoms. The quantitative estimate of drug-likeness (QED) is 0.640. The van der Waals surface area contributed by atoms with Gasteiger partial charge in [0.2, 0.25) is 0 Å². The monoisotopic (exact) mass is 297 g/mol. The van der Waals surface area contributed by atoms with E-state index in [0.717, 1.165) is 12.5 Å². The minimum absolute atomic E-state index is 0.118. The molecule has 0 saturated heterocycles. The van der Waals surface area contributed by atoms with Gasteiger partial charge < -0.3 is 5.32 Å². The molecule has 0 spiro atoms. The second kappa shape index (κ2) is 6.72. The molecule has 1 nitrogen and oxygen atoms in total. The van der Waals surface area contributed by atoms with Gasteiger partial charge in [-0.15, -0.1) is 0 Å². The normalized spacial score (nSPS) is 12.4. The van der Waals surface area contributed by atoms with Crippen LogP contribution in [0.5, 0.6) is 0 Å². The Hall–Kier alpha value is -1.88. The third kappa shape index (κ3) is 3.42. The highest BCUT2D eigenvalue weighted by Crippen LogP contribution is 2.28. The van der Waals surface area contributed by atoms with Gasteiger partial charge in [0.25, 0.3) is 0 Å². The molecule has 0 aliphatic carbocycles. The molecule has 0 heterocycles. The standard InChI is InChI=1S/C16H15F4N/c1-2-7-21-16(10-5-3-4-6-12(10)17)11-8-14(19)15(20)9-13(11)18/h3-6,8-9,16,21H,2,7H2,1H3. The zero-order chi connectivity index (χ0) is 15.4. The van der Waals surface area contributed by atoms with Gasteiger partial charge in [0.1, 0.15) is 11.6 Å². The lowest BCUT2D eigenvalue weighted by atomic mass is 9.97. The van der Waals surface area contributed by atoms with Crippen LogP contribution < -0.4 is 5.32 Å². The number of hydrogen-bond acceptors (Lipinski definition) is 1.